The van der Waals surface area contributed by atoms with Crippen molar-refractivity contribution in [2.24, 2.45) is 7.05 Å². The molecule has 0 aliphatic carbocycles. The predicted octanol–water partition coefficient (Wildman–Crippen LogP) is 4.09. The van der Waals surface area contributed by atoms with Crippen LogP contribution in [-0.4, -0.2) is 56.6 Å². The molecule has 156 valence electrons. The number of phenols is 1. The first-order valence-corrected chi connectivity index (χ1v) is 9.19. The Labute approximate surface area is 177 Å². The summed E-state index contributed by atoms with van der Waals surface area (Å²) < 4.78 is 30.0. The molecule has 3 heterocycles. The lowest BCUT2D eigenvalue weighted by Gasteiger charge is -2.19. The second-order valence-corrected chi connectivity index (χ2v) is 7.74. The van der Waals surface area contributed by atoms with E-state index in [4.69, 9.17) is 11.6 Å². The fraction of sp³-hybridized carbons (Fsp3) is 0.368. The van der Waals surface area contributed by atoms with Crippen LogP contribution in [0, 0.1) is 6.92 Å². The van der Waals surface area contributed by atoms with E-state index >= 15 is 0 Å². The van der Waals surface area contributed by atoms with Crippen molar-refractivity contribution in [3.8, 4) is 17.1 Å². The number of alkyl halides is 2. The second-order valence-electron chi connectivity index (χ2n) is 7.31. The molecule has 2 N–H and O–H groups in total. The molecule has 0 saturated carbocycles. The van der Waals surface area contributed by atoms with Crippen molar-refractivity contribution >= 4 is 41.0 Å². The molecule has 0 bridgehead atoms. The van der Waals surface area contributed by atoms with Gasteiger partial charge in [-0.25, -0.2) is 18.7 Å². The van der Waals surface area contributed by atoms with Crippen LogP contribution in [0.2, 0.25) is 5.02 Å². The van der Waals surface area contributed by atoms with Gasteiger partial charge >= 0.3 is 0 Å². The minimum atomic E-state index is -2.83. The number of rotatable bonds is 3. The molecule has 0 amide bonds. The molecule has 1 atom stereocenters. The number of hydrogen-bond acceptors (Lipinski definition) is 5. The van der Waals surface area contributed by atoms with E-state index < -0.39 is 12.0 Å². The highest BCUT2D eigenvalue weighted by Gasteiger charge is 2.47. The number of halogens is 4. The summed E-state index contributed by atoms with van der Waals surface area (Å²) in [5.74, 6) is -1.94. The van der Waals surface area contributed by atoms with Crippen LogP contribution in [-0.2, 0) is 7.05 Å². The molecular formula is C19H21Cl2F2N5O. The Balaban J connectivity index is 0.00000240. The number of fused-ring (bicyclic) bond motifs is 1. The van der Waals surface area contributed by atoms with Gasteiger partial charge in [-0.05, 0) is 43.8 Å². The van der Waals surface area contributed by atoms with Crippen molar-refractivity contribution in [2.45, 2.75) is 18.9 Å². The van der Waals surface area contributed by atoms with Crippen molar-refractivity contribution in [1.82, 2.24) is 19.4 Å². The number of aromatic hydroxyl groups is 1. The summed E-state index contributed by atoms with van der Waals surface area (Å²) in [5, 5.41) is 13.6. The molecule has 4 rings (SSSR count). The van der Waals surface area contributed by atoms with E-state index in [1.807, 2.05) is 14.0 Å². The topological polar surface area (TPSA) is 66.2 Å². The highest BCUT2D eigenvalue weighted by atomic mass is 35.5. The van der Waals surface area contributed by atoms with Gasteiger partial charge in [0.25, 0.3) is 5.92 Å². The Hall–Kier alpha value is -2.16. The van der Waals surface area contributed by atoms with Gasteiger partial charge in [0, 0.05) is 18.6 Å². The van der Waals surface area contributed by atoms with Gasteiger partial charge in [0.1, 0.15) is 23.4 Å². The molecule has 1 unspecified atom stereocenters. The van der Waals surface area contributed by atoms with Gasteiger partial charge in [-0.3, -0.25) is 4.90 Å². The maximum atomic E-state index is 14.1. The van der Waals surface area contributed by atoms with Gasteiger partial charge in [-0.15, -0.1) is 12.4 Å². The number of likely N-dealkylation sites (N-methyl/N-ethyl adjacent to an activating group) is 1. The van der Waals surface area contributed by atoms with Gasteiger partial charge < -0.3 is 15.0 Å². The summed E-state index contributed by atoms with van der Waals surface area (Å²) in [5.41, 5.74) is 2.47. The number of nitrogens with zero attached hydrogens (tertiary/aromatic N) is 4. The highest BCUT2D eigenvalue weighted by Crippen LogP contribution is 2.36. The van der Waals surface area contributed by atoms with E-state index in [1.165, 1.54) is 6.07 Å². The average Bonchev–Trinajstić information content (AvgIpc) is 3.02. The summed E-state index contributed by atoms with van der Waals surface area (Å²) in [6.07, 6.45) is 0. The molecule has 0 radical (unpaired) electrons. The number of hydrogen-bond donors (Lipinski definition) is 2. The monoisotopic (exact) mass is 443 g/mol. The molecular weight excluding hydrogens is 423 g/mol. The van der Waals surface area contributed by atoms with Crippen LogP contribution in [0.1, 0.15) is 5.56 Å². The van der Waals surface area contributed by atoms with Gasteiger partial charge in [0.05, 0.1) is 17.6 Å². The lowest BCUT2D eigenvalue weighted by molar-refractivity contribution is 0.00597. The Morgan fingerprint density at radius 3 is 2.59 bits per heavy atom. The molecule has 6 nitrogen and oxygen atoms in total. The second kappa shape index (κ2) is 7.59. The smallest absolute Gasteiger partial charge is 0.281 e. The molecule has 1 aliphatic rings. The first-order chi connectivity index (χ1) is 13.2. The van der Waals surface area contributed by atoms with E-state index in [0.717, 1.165) is 11.1 Å². The van der Waals surface area contributed by atoms with E-state index in [-0.39, 0.29) is 31.2 Å². The third-order valence-corrected chi connectivity index (χ3v) is 5.27. The molecule has 29 heavy (non-hydrogen) atoms. The summed E-state index contributed by atoms with van der Waals surface area (Å²) >= 11 is 5.99. The Kier molecular flexibility index (Phi) is 5.64. The first kappa shape index (κ1) is 21.5. The third-order valence-electron chi connectivity index (χ3n) is 5.06. The largest absolute Gasteiger partial charge is 0.507 e. The van der Waals surface area contributed by atoms with Crippen LogP contribution >= 0.6 is 24.0 Å². The number of aromatic nitrogens is 3. The summed E-state index contributed by atoms with van der Waals surface area (Å²) in [6, 6.07) is 5.64. The lowest BCUT2D eigenvalue weighted by Crippen LogP contribution is -2.38. The maximum absolute atomic E-state index is 14.1. The maximum Gasteiger partial charge on any atom is 0.281 e. The first-order valence-electron chi connectivity index (χ1n) is 8.81. The minimum Gasteiger partial charge on any atom is -0.507 e. The predicted molar refractivity (Wildman–Crippen MR) is 112 cm³/mol. The Morgan fingerprint density at radius 2 is 1.97 bits per heavy atom. The number of imidazole rings is 1. The van der Waals surface area contributed by atoms with Gasteiger partial charge in [-0.2, -0.15) is 0 Å². The van der Waals surface area contributed by atoms with Gasteiger partial charge in [-0.1, -0.05) is 11.6 Å². The normalized spacial score (nSPS) is 18.8. The average molecular weight is 444 g/mol. The highest BCUT2D eigenvalue weighted by molar-refractivity contribution is 6.31. The zero-order valence-corrected chi connectivity index (χ0v) is 17.7. The van der Waals surface area contributed by atoms with Crippen LogP contribution in [0.4, 0.5) is 14.6 Å². The SMILES string of the molecule is Cc1cc(Cl)cc(O)c1-c1nc2nc(NC3CN(C)CC3(F)F)ccc2n1C.Cl. The van der Waals surface area contributed by atoms with E-state index in [9.17, 15) is 13.9 Å². The Morgan fingerprint density at radius 1 is 1.24 bits per heavy atom. The van der Waals surface area contributed by atoms with Crippen molar-refractivity contribution < 1.29 is 13.9 Å². The quantitative estimate of drug-likeness (QED) is 0.638. The van der Waals surface area contributed by atoms with Crippen molar-refractivity contribution in [1.29, 1.82) is 0 Å². The van der Waals surface area contributed by atoms with Crippen molar-refractivity contribution in [3.63, 3.8) is 0 Å². The standard InChI is InChI=1S/C19H20ClF2N5O.ClH/c1-10-6-11(20)7-13(28)16(10)18-25-17-12(27(18)3)4-5-15(24-17)23-14-8-26(2)9-19(14,21)22;/h4-7,14,28H,8-9H2,1-3H3,(H,23,24);1H. The summed E-state index contributed by atoms with van der Waals surface area (Å²) in [4.78, 5) is 10.5. The lowest BCUT2D eigenvalue weighted by atomic mass is 10.1. The number of nitrogens with one attached hydrogen (secondary N) is 1. The van der Waals surface area contributed by atoms with Gasteiger partial charge in [0.15, 0.2) is 5.65 Å². The van der Waals surface area contributed by atoms with Crippen LogP contribution in [0.15, 0.2) is 24.3 Å². The van der Waals surface area contributed by atoms with Crippen LogP contribution in [0.5, 0.6) is 5.75 Å². The molecule has 2 aromatic heterocycles. The number of aryl methyl sites for hydroxylation is 2. The van der Waals surface area contributed by atoms with Gasteiger partial charge in [0.2, 0.25) is 0 Å². The number of likely N-dealkylation sites (tertiary alicyclic amines) is 1. The summed E-state index contributed by atoms with van der Waals surface area (Å²) in [7, 11) is 3.48. The number of anilines is 1. The molecule has 0 spiro atoms. The van der Waals surface area contributed by atoms with Crippen molar-refractivity contribution in [2.75, 3.05) is 25.5 Å². The number of pyridine rings is 1. The fourth-order valence-corrected chi connectivity index (χ4v) is 3.97. The van der Waals surface area contributed by atoms with E-state index in [0.29, 0.717) is 27.9 Å². The summed E-state index contributed by atoms with van der Waals surface area (Å²) in [6.45, 7) is 1.78. The molecule has 1 saturated heterocycles. The van der Waals surface area contributed by atoms with Crippen LogP contribution in [0.25, 0.3) is 22.6 Å². The Bertz CT molecular complexity index is 1050. The third kappa shape index (κ3) is 3.84. The fourth-order valence-electron chi connectivity index (χ4n) is 3.70. The number of benzene rings is 1. The van der Waals surface area contributed by atoms with Crippen LogP contribution in [0.3, 0.4) is 0 Å². The van der Waals surface area contributed by atoms with Crippen molar-refractivity contribution in [3.05, 3.63) is 34.9 Å². The van der Waals surface area contributed by atoms with Crippen LogP contribution < -0.4 is 5.32 Å². The molecule has 10 heteroatoms. The molecule has 1 fully saturated rings. The van der Waals surface area contributed by atoms with E-state index in [1.54, 1.807) is 34.7 Å². The minimum absolute atomic E-state index is 0. The molecule has 1 aromatic carbocycles. The number of phenolic OH excluding ortho intramolecular Hbond substituents is 1. The zero-order chi connectivity index (χ0) is 20.2. The zero-order valence-electron chi connectivity index (χ0n) is 16.1. The van der Waals surface area contributed by atoms with E-state index in [2.05, 4.69) is 15.3 Å². The molecule has 3 aromatic rings. The molecule has 1 aliphatic heterocycles.